The zero-order chi connectivity index (χ0) is 13.7. The minimum absolute atomic E-state index is 0.0147. The van der Waals surface area contributed by atoms with E-state index in [1.807, 2.05) is 0 Å². The Kier molecular flexibility index (Phi) is 5.58. The molecular formula is C11H11BrF3NO2. The third-order valence-corrected chi connectivity index (χ3v) is 2.83. The van der Waals surface area contributed by atoms with Crippen LogP contribution in [0.25, 0.3) is 0 Å². The summed E-state index contributed by atoms with van der Waals surface area (Å²) in [5.41, 5.74) is -0.485. The standard InChI is InChI=1S/C11H11BrF3NO2/c1-2-18-9(17)3-6-7(4-12)8(10(13)14)5-16-11(6)15/h5,10H,2-4H2,1H3. The Morgan fingerprint density at radius 3 is 2.67 bits per heavy atom. The third-order valence-electron chi connectivity index (χ3n) is 2.27. The van der Waals surface area contributed by atoms with Crippen molar-refractivity contribution in [3.05, 3.63) is 28.8 Å². The van der Waals surface area contributed by atoms with Crippen LogP contribution in [0.15, 0.2) is 6.20 Å². The fraction of sp³-hybridized carbons (Fsp3) is 0.455. The Morgan fingerprint density at radius 2 is 2.17 bits per heavy atom. The van der Waals surface area contributed by atoms with Gasteiger partial charge in [0.1, 0.15) is 0 Å². The van der Waals surface area contributed by atoms with Gasteiger partial charge >= 0.3 is 5.97 Å². The van der Waals surface area contributed by atoms with Gasteiger partial charge < -0.3 is 4.74 Å². The lowest BCUT2D eigenvalue weighted by atomic mass is 10.0. The monoisotopic (exact) mass is 325 g/mol. The van der Waals surface area contributed by atoms with Crippen molar-refractivity contribution in [1.82, 2.24) is 4.98 Å². The molecule has 0 N–H and O–H groups in total. The largest absolute Gasteiger partial charge is 0.466 e. The molecule has 0 atom stereocenters. The molecule has 1 aromatic rings. The van der Waals surface area contributed by atoms with Crippen LogP contribution < -0.4 is 0 Å². The van der Waals surface area contributed by atoms with Crippen molar-refractivity contribution in [1.29, 1.82) is 0 Å². The van der Waals surface area contributed by atoms with Crippen LogP contribution in [-0.4, -0.2) is 17.6 Å². The van der Waals surface area contributed by atoms with Crippen molar-refractivity contribution in [3.8, 4) is 0 Å². The number of halogens is 4. The quantitative estimate of drug-likeness (QED) is 0.474. The van der Waals surface area contributed by atoms with Gasteiger partial charge in [-0.1, -0.05) is 15.9 Å². The van der Waals surface area contributed by atoms with Crippen molar-refractivity contribution >= 4 is 21.9 Å². The highest BCUT2D eigenvalue weighted by atomic mass is 79.9. The van der Waals surface area contributed by atoms with E-state index >= 15 is 0 Å². The van der Waals surface area contributed by atoms with Crippen molar-refractivity contribution in [2.24, 2.45) is 0 Å². The first-order chi connectivity index (χ1) is 8.51. The number of esters is 1. The van der Waals surface area contributed by atoms with Gasteiger partial charge in [-0.3, -0.25) is 4.79 Å². The molecule has 100 valence electrons. The summed E-state index contributed by atoms with van der Waals surface area (Å²) in [6.07, 6.45) is -2.40. The molecule has 0 radical (unpaired) electrons. The molecule has 1 aromatic heterocycles. The molecule has 0 spiro atoms. The van der Waals surface area contributed by atoms with E-state index in [9.17, 15) is 18.0 Å². The van der Waals surface area contributed by atoms with Gasteiger partial charge in [0.05, 0.1) is 13.0 Å². The Balaban J connectivity index is 3.15. The molecule has 0 fully saturated rings. The van der Waals surface area contributed by atoms with Crippen molar-refractivity contribution in [2.75, 3.05) is 6.61 Å². The fourth-order valence-corrected chi connectivity index (χ4v) is 2.12. The molecule has 0 aliphatic heterocycles. The summed E-state index contributed by atoms with van der Waals surface area (Å²) in [6, 6.07) is 0. The molecule has 0 saturated heterocycles. The van der Waals surface area contributed by atoms with E-state index in [2.05, 4.69) is 25.7 Å². The van der Waals surface area contributed by atoms with E-state index in [1.54, 1.807) is 6.92 Å². The molecule has 1 heterocycles. The lowest BCUT2D eigenvalue weighted by Gasteiger charge is -2.12. The Morgan fingerprint density at radius 1 is 1.50 bits per heavy atom. The van der Waals surface area contributed by atoms with Crippen LogP contribution in [0, 0.1) is 5.95 Å². The van der Waals surface area contributed by atoms with Crippen molar-refractivity contribution < 1.29 is 22.7 Å². The average Bonchev–Trinajstić information content (AvgIpc) is 2.31. The van der Waals surface area contributed by atoms with Gasteiger partial charge in [-0.2, -0.15) is 4.39 Å². The number of aromatic nitrogens is 1. The van der Waals surface area contributed by atoms with Gasteiger partial charge in [-0.25, -0.2) is 13.8 Å². The summed E-state index contributed by atoms with van der Waals surface area (Å²) >= 11 is 3.01. The average molecular weight is 326 g/mol. The molecular weight excluding hydrogens is 315 g/mol. The van der Waals surface area contributed by atoms with Crippen molar-refractivity contribution in [3.63, 3.8) is 0 Å². The molecule has 0 aliphatic rings. The van der Waals surface area contributed by atoms with Gasteiger partial charge in [0.15, 0.2) is 0 Å². The van der Waals surface area contributed by atoms with Crippen LogP contribution in [0.1, 0.15) is 30.0 Å². The van der Waals surface area contributed by atoms with Crippen LogP contribution in [0.4, 0.5) is 13.2 Å². The van der Waals surface area contributed by atoms with Crippen LogP contribution in [0.3, 0.4) is 0 Å². The Labute approximate surface area is 110 Å². The van der Waals surface area contributed by atoms with E-state index < -0.39 is 24.8 Å². The fourth-order valence-electron chi connectivity index (χ4n) is 1.46. The molecule has 0 unspecified atom stereocenters. The second-order valence-corrected chi connectivity index (χ2v) is 3.94. The molecule has 18 heavy (non-hydrogen) atoms. The SMILES string of the molecule is CCOC(=O)Cc1c(F)ncc(C(F)F)c1CBr. The van der Waals surface area contributed by atoms with Gasteiger partial charge in [0, 0.05) is 22.7 Å². The molecule has 0 amide bonds. The summed E-state index contributed by atoms with van der Waals surface area (Å²) in [5.74, 6) is -1.60. The normalized spacial score (nSPS) is 10.8. The lowest BCUT2D eigenvalue weighted by Crippen LogP contribution is -2.13. The minimum Gasteiger partial charge on any atom is -0.466 e. The number of hydrogen-bond donors (Lipinski definition) is 0. The highest BCUT2D eigenvalue weighted by molar-refractivity contribution is 9.08. The van der Waals surface area contributed by atoms with E-state index in [4.69, 9.17) is 0 Å². The molecule has 3 nitrogen and oxygen atoms in total. The van der Waals surface area contributed by atoms with Crippen LogP contribution in [-0.2, 0) is 21.3 Å². The summed E-state index contributed by atoms with van der Waals surface area (Å²) in [6.45, 7) is 1.75. The Hall–Kier alpha value is -1.11. The summed E-state index contributed by atoms with van der Waals surface area (Å²) in [4.78, 5) is 14.5. The first-order valence-corrected chi connectivity index (χ1v) is 6.29. The maximum absolute atomic E-state index is 13.5. The predicted octanol–water partition coefficient (Wildman–Crippen LogP) is 3.16. The predicted molar refractivity (Wildman–Crippen MR) is 62.1 cm³/mol. The molecule has 0 saturated carbocycles. The topological polar surface area (TPSA) is 39.2 Å². The second-order valence-electron chi connectivity index (χ2n) is 3.38. The summed E-state index contributed by atoms with van der Waals surface area (Å²) in [5, 5.41) is 0.0147. The highest BCUT2D eigenvalue weighted by Crippen LogP contribution is 2.28. The summed E-state index contributed by atoms with van der Waals surface area (Å²) < 4.78 is 43.6. The summed E-state index contributed by atoms with van der Waals surface area (Å²) in [7, 11) is 0. The van der Waals surface area contributed by atoms with E-state index in [0.717, 1.165) is 6.20 Å². The van der Waals surface area contributed by atoms with Crippen molar-refractivity contribution in [2.45, 2.75) is 25.1 Å². The number of ether oxygens (including phenoxy) is 1. The van der Waals surface area contributed by atoms with Gasteiger partial charge in [-0.15, -0.1) is 0 Å². The number of carbonyl (C=O) groups is 1. The maximum Gasteiger partial charge on any atom is 0.310 e. The van der Waals surface area contributed by atoms with E-state index in [0.29, 0.717) is 0 Å². The Bertz CT molecular complexity index is 441. The van der Waals surface area contributed by atoms with Gasteiger partial charge in [-0.05, 0) is 12.5 Å². The highest BCUT2D eigenvalue weighted by Gasteiger charge is 2.21. The first-order valence-electron chi connectivity index (χ1n) is 5.17. The number of hydrogen-bond acceptors (Lipinski definition) is 3. The minimum atomic E-state index is -2.77. The smallest absolute Gasteiger partial charge is 0.310 e. The number of nitrogens with zero attached hydrogens (tertiary/aromatic N) is 1. The number of carbonyl (C=O) groups excluding carboxylic acids is 1. The number of rotatable bonds is 5. The second kappa shape index (κ2) is 6.72. The molecule has 0 bridgehead atoms. The number of pyridine rings is 1. The third kappa shape index (κ3) is 3.44. The lowest BCUT2D eigenvalue weighted by molar-refractivity contribution is -0.142. The van der Waals surface area contributed by atoms with Crippen LogP contribution in [0.2, 0.25) is 0 Å². The van der Waals surface area contributed by atoms with Crippen LogP contribution in [0.5, 0.6) is 0 Å². The molecule has 1 rings (SSSR count). The van der Waals surface area contributed by atoms with E-state index in [1.165, 1.54) is 0 Å². The number of alkyl halides is 3. The maximum atomic E-state index is 13.5. The van der Waals surface area contributed by atoms with Crippen LogP contribution >= 0.6 is 15.9 Å². The zero-order valence-corrected chi connectivity index (χ0v) is 11.1. The zero-order valence-electron chi connectivity index (χ0n) is 9.55. The molecule has 0 aromatic carbocycles. The van der Waals surface area contributed by atoms with E-state index in [-0.39, 0.29) is 28.6 Å². The molecule has 0 aliphatic carbocycles. The first kappa shape index (κ1) is 14.9. The van der Waals surface area contributed by atoms with Gasteiger partial charge in [0.25, 0.3) is 6.43 Å². The van der Waals surface area contributed by atoms with Gasteiger partial charge in [0.2, 0.25) is 5.95 Å². The molecule has 7 heteroatoms.